The molecule has 1 fully saturated rings. The number of rotatable bonds is 3. The van der Waals surface area contributed by atoms with Crippen molar-refractivity contribution in [2.45, 2.75) is 39.0 Å². The highest BCUT2D eigenvalue weighted by atomic mass is 16.5. The van der Waals surface area contributed by atoms with Gasteiger partial charge in [0.1, 0.15) is 5.75 Å². The Morgan fingerprint density at radius 1 is 1.33 bits per heavy atom. The summed E-state index contributed by atoms with van der Waals surface area (Å²) in [6.45, 7) is 9.17. The number of nitrogens with one attached hydrogen (secondary N) is 1. The number of ether oxygens (including phenoxy) is 1. The van der Waals surface area contributed by atoms with Crippen LogP contribution in [0.25, 0.3) is 0 Å². The fourth-order valence-corrected chi connectivity index (χ4v) is 2.98. The maximum atomic E-state index is 5.35. The Labute approximate surface area is 111 Å². The van der Waals surface area contributed by atoms with E-state index in [0.29, 0.717) is 0 Å². The van der Waals surface area contributed by atoms with Crippen molar-refractivity contribution in [2.24, 2.45) is 5.92 Å². The van der Waals surface area contributed by atoms with E-state index < -0.39 is 0 Å². The van der Waals surface area contributed by atoms with Crippen LogP contribution in [0.5, 0.6) is 5.75 Å². The van der Waals surface area contributed by atoms with Gasteiger partial charge in [-0.05, 0) is 61.4 Å². The molecule has 0 bridgehead atoms. The molecular weight excluding hydrogens is 222 g/mol. The molecule has 0 saturated carbocycles. The van der Waals surface area contributed by atoms with E-state index >= 15 is 0 Å². The van der Waals surface area contributed by atoms with Gasteiger partial charge in [-0.25, -0.2) is 0 Å². The standard InChI is InChI=1S/C16H25NO/c1-12-10-13(7-8-15(12)18-4)16(2,3)14-6-5-9-17-11-14/h7-8,10,14,17H,5-6,9,11H2,1-4H3. The van der Waals surface area contributed by atoms with Gasteiger partial charge in [-0.15, -0.1) is 0 Å². The average molecular weight is 247 g/mol. The van der Waals surface area contributed by atoms with E-state index in [2.05, 4.69) is 44.3 Å². The van der Waals surface area contributed by atoms with Gasteiger partial charge in [0.2, 0.25) is 0 Å². The Balaban J connectivity index is 2.25. The van der Waals surface area contributed by atoms with E-state index in [0.717, 1.165) is 18.2 Å². The van der Waals surface area contributed by atoms with Gasteiger partial charge in [-0.3, -0.25) is 0 Å². The van der Waals surface area contributed by atoms with Gasteiger partial charge >= 0.3 is 0 Å². The van der Waals surface area contributed by atoms with Crippen molar-refractivity contribution in [3.63, 3.8) is 0 Å². The predicted octanol–water partition coefficient (Wildman–Crippen LogP) is 3.28. The molecule has 2 nitrogen and oxygen atoms in total. The van der Waals surface area contributed by atoms with E-state index in [1.54, 1.807) is 7.11 Å². The highest BCUT2D eigenvalue weighted by molar-refractivity contribution is 5.39. The molecule has 1 aromatic carbocycles. The Bertz CT molecular complexity index is 406. The van der Waals surface area contributed by atoms with Crippen LogP contribution in [0.3, 0.4) is 0 Å². The van der Waals surface area contributed by atoms with Crippen LogP contribution in [0.2, 0.25) is 0 Å². The Hall–Kier alpha value is -1.02. The van der Waals surface area contributed by atoms with Crippen molar-refractivity contribution in [3.8, 4) is 5.75 Å². The van der Waals surface area contributed by atoms with E-state index in [-0.39, 0.29) is 5.41 Å². The third-order valence-electron chi connectivity index (χ3n) is 4.46. The first kappa shape index (κ1) is 13.4. The lowest BCUT2D eigenvalue weighted by atomic mass is 9.70. The lowest BCUT2D eigenvalue weighted by Gasteiger charge is -2.38. The molecule has 100 valence electrons. The fourth-order valence-electron chi connectivity index (χ4n) is 2.98. The minimum atomic E-state index is 0.227. The zero-order valence-corrected chi connectivity index (χ0v) is 12.0. The molecule has 0 amide bonds. The van der Waals surface area contributed by atoms with Gasteiger partial charge < -0.3 is 10.1 Å². The van der Waals surface area contributed by atoms with Crippen molar-refractivity contribution in [2.75, 3.05) is 20.2 Å². The van der Waals surface area contributed by atoms with Crippen LogP contribution >= 0.6 is 0 Å². The van der Waals surface area contributed by atoms with Gasteiger partial charge in [-0.2, -0.15) is 0 Å². The highest BCUT2D eigenvalue weighted by Gasteiger charge is 2.32. The summed E-state index contributed by atoms with van der Waals surface area (Å²) in [6, 6.07) is 6.61. The number of piperidine rings is 1. The summed E-state index contributed by atoms with van der Waals surface area (Å²) in [5.74, 6) is 1.70. The SMILES string of the molecule is COc1ccc(C(C)(C)C2CCCNC2)cc1C. The molecule has 1 aromatic rings. The Morgan fingerprint density at radius 2 is 2.11 bits per heavy atom. The second-order valence-electron chi connectivity index (χ2n) is 5.95. The monoisotopic (exact) mass is 247 g/mol. The summed E-state index contributed by atoms with van der Waals surface area (Å²) in [7, 11) is 1.73. The summed E-state index contributed by atoms with van der Waals surface area (Å²) in [5.41, 5.74) is 2.88. The molecule has 1 aliphatic rings. The van der Waals surface area contributed by atoms with Crippen LogP contribution in [0.1, 0.15) is 37.8 Å². The molecular formula is C16H25NO. The zero-order chi connectivity index (χ0) is 13.2. The van der Waals surface area contributed by atoms with Gasteiger partial charge in [0.15, 0.2) is 0 Å². The normalized spacial score (nSPS) is 20.8. The second-order valence-corrected chi connectivity index (χ2v) is 5.95. The largest absolute Gasteiger partial charge is 0.496 e. The summed E-state index contributed by atoms with van der Waals surface area (Å²) in [5, 5.41) is 3.52. The molecule has 1 N–H and O–H groups in total. The molecule has 1 heterocycles. The maximum absolute atomic E-state index is 5.35. The molecule has 1 aliphatic heterocycles. The number of aryl methyl sites for hydroxylation is 1. The van der Waals surface area contributed by atoms with Crippen molar-refractivity contribution in [1.29, 1.82) is 0 Å². The molecule has 1 saturated heterocycles. The van der Waals surface area contributed by atoms with Crippen LogP contribution in [0, 0.1) is 12.8 Å². The van der Waals surface area contributed by atoms with Crippen LogP contribution in [-0.4, -0.2) is 20.2 Å². The minimum Gasteiger partial charge on any atom is -0.496 e. The molecule has 0 spiro atoms. The highest BCUT2D eigenvalue weighted by Crippen LogP contribution is 2.37. The van der Waals surface area contributed by atoms with E-state index in [9.17, 15) is 0 Å². The minimum absolute atomic E-state index is 0.227. The average Bonchev–Trinajstić information content (AvgIpc) is 2.39. The Morgan fingerprint density at radius 3 is 2.67 bits per heavy atom. The van der Waals surface area contributed by atoms with E-state index in [1.165, 1.54) is 30.5 Å². The maximum Gasteiger partial charge on any atom is 0.121 e. The lowest BCUT2D eigenvalue weighted by Crippen LogP contribution is -2.40. The summed E-state index contributed by atoms with van der Waals surface area (Å²) in [4.78, 5) is 0. The van der Waals surface area contributed by atoms with Crippen LogP contribution in [0.15, 0.2) is 18.2 Å². The Kier molecular flexibility index (Phi) is 3.96. The topological polar surface area (TPSA) is 21.3 Å². The molecule has 2 rings (SSSR count). The molecule has 18 heavy (non-hydrogen) atoms. The van der Waals surface area contributed by atoms with E-state index in [1.807, 2.05) is 0 Å². The van der Waals surface area contributed by atoms with E-state index in [4.69, 9.17) is 4.74 Å². The summed E-state index contributed by atoms with van der Waals surface area (Å²) < 4.78 is 5.35. The van der Waals surface area contributed by atoms with Gasteiger partial charge in [0, 0.05) is 0 Å². The number of hydrogen-bond acceptors (Lipinski definition) is 2. The number of benzene rings is 1. The van der Waals surface area contributed by atoms with Crippen LogP contribution < -0.4 is 10.1 Å². The first-order valence-electron chi connectivity index (χ1n) is 6.91. The van der Waals surface area contributed by atoms with Gasteiger partial charge in [0.25, 0.3) is 0 Å². The molecule has 0 aliphatic carbocycles. The van der Waals surface area contributed by atoms with Gasteiger partial charge in [-0.1, -0.05) is 26.0 Å². The smallest absolute Gasteiger partial charge is 0.121 e. The zero-order valence-electron chi connectivity index (χ0n) is 12.0. The summed E-state index contributed by atoms with van der Waals surface area (Å²) in [6.07, 6.45) is 2.62. The molecule has 0 radical (unpaired) electrons. The third-order valence-corrected chi connectivity index (χ3v) is 4.46. The van der Waals surface area contributed by atoms with Crippen molar-refractivity contribution in [3.05, 3.63) is 29.3 Å². The second kappa shape index (κ2) is 5.31. The number of methoxy groups -OCH3 is 1. The quantitative estimate of drug-likeness (QED) is 0.885. The summed E-state index contributed by atoms with van der Waals surface area (Å²) >= 11 is 0. The van der Waals surface area contributed by atoms with Crippen molar-refractivity contribution in [1.82, 2.24) is 5.32 Å². The van der Waals surface area contributed by atoms with Crippen molar-refractivity contribution < 1.29 is 4.74 Å². The van der Waals surface area contributed by atoms with Gasteiger partial charge in [0.05, 0.1) is 7.11 Å². The molecule has 1 atom stereocenters. The van der Waals surface area contributed by atoms with Crippen LogP contribution in [0.4, 0.5) is 0 Å². The molecule has 0 aromatic heterocycles. The fraction of sp³-hybridized carbons (Fsp3) is 0.625. The third kappa shape index (κ3) is 2.54. The van der Waals surface area contributed by atoms with Crippen LogP contribution in [-0.2, 0) is 5.41 Å². The van der Waals surface area contributed by atoms with Crippen molar-refractivity contribution >= 4 is 0 Å². The number of hydrogen-bond donors (Lipinski definition) is 1. The predicted molar refractivity (Wildman–Crippen MR) is 76.4 cm³/mol. The lowest BCUT2D eigenvalue weighted by molar-refractivity contribution is 0.251. The molecule has 1 unspecified atom stereocenters. The first-order valence-corrected chi connectivity index (χ1v) is 6.91. The first-order chi connectivity index (χ1) is 8.55. The molecule has 2 heteroatoms.